The molecule has 5 heteroatoms. The van der Waals surface area contributed by atoms with E-state index < -0.39 is 0 Å². The fraction of sp³-hybridized carbons (Fsp3) is 0.467. The van der Waals surface area contributed by atoms with Gasteiger partial charge in [0.1, 0.15) is 5.75 Å². The van der Waals surface area contributed by atoms with Gasteiger partial charge in [-0.2, -0.15) is 0 Å². The van der Waals surface area contributed by atoms with Crippen LogP contribution >= 0.6 is 0 Å². The zero-order chi connectivity index (χ0) is 14.5. The summed E-state index contributed by atoms with van der Waals surface area (Å²) in [6, 6.07) is 5.79. The summed E-state index contributed by atoms with van der Waals surface area (Å²) in [4.78, 5) is 25.0. The maximum Gasteiger partial charge on any atom is 0.260 e. The van der Waals surface area contributed by atoms with E-state index in [-0.39, 0.29) is 18.4 Å². The zero-order valence-corrected chi connectivity index (χ0v) is 11.9. The van der Waals surface area contributed by atoms with Crippen LogP contribution in [-0.2, 0) is 9.59 Å². The van der Waals surface area contributed by atoms with Crippen LogP contribution in [0.4, 0.5) is 0 Å². The molecule has 0 saturated carbocycles. The Morgan fingerprint density at radius 1 is 1.35 bits per heavy atom. The number of hydrogen-bond donors (Lipinski definition) is 1. The summed E-state index contributed by atoms with van der Waals surface area (Å²) in [5.74, 6) is 0.653. The van der Waals surface area contributed by atoms with E-state index in [0.29, 0.717) is 26.1 Å². The van der Waals surface area contributed by atoms with Crippen LogP contribution < -0.4 is 10.1 Å². The van der Waals surface area contributed by atoms with Crippen molar-refractivity contribution in [3.63, 3.8) is 0 Å². The van der Waals surface area contributed by atoms with Crippen LogP contribution in [0.3, 0.4) is 0 Å². The topological polar surface area (TPSA) is 58.6 Å². The van der Waals surface area contributed by atoms with Crippen LogP contribution in [-0.4, -0.2) is 43.0 Å². The molecule has 0 aromatic heterocycles. The molecule has 108 valence electrons. The summed E-state index contributed by atoms with van der Waals surface area (Å²) in [7, 11) is 0. The van der Waals surface area contributed by atoms with Gasteiger partial charge < -0.3 is 15.0 Å². The summed E-state index contributed by atoms with van der Waals surface area (Å²) in [6.45, 7) is 5.51. The van der Waals surface area contributed by atoms with Gasteiger partial charge in [-0.25, -0.2) is 0 Å². The molecule has 0 spiro atoms. The Morgan fingerprint density at radius 3 is 2.95 bits per heavy atom. The lowest BCUT2D eigenvalue weighted by Crippen LogP contribution is -2.37. The largest absolute Gasteiger partial charge is 0.483 e. The monoisotopic (exact) mass is 276 g/mol. The van der Waals surface area contributed by atoms with E-state index in [2.05, 4.69) is 5.32 Å². The van der Waals surface area contributed by atoms with Crippen molar-refractivity contribution in [1.29, 1.82) is 0 Å². The SMILES string of the molecule is Cc1cccc(OCC(=O)N2CCNC(=O)CC2)c1C. The molecule has 0 radical (unpaired) electrons. The zero-order valence-electron chi connectivity index (χ0n) is 11.9. The van der Waals surface area contributed by atoms with Crippen LogP contribution in [0, 0.1) is 13.8 Å². The number of rotatable bonds is 3. The van der Waals surface area contributed by atoms with Crippen LogP contribution in [0.15, 0.2) is 18.2 Å². The third-order valence-electron chi connectivity index (χ3n) is 3.57. The highest BCUT2D eigenvalue weighted by Gasteiger charge is 2.18. The minimum atomic E-state index is -0.0811. The molecule has 0 unspecified atom stereocenters. The third-order valence-corrected chi connectivity index (χ3v) is 3.57. The lowest BCUT2D eigenvalue weighted by molar-refractivity contribution is -0.133. The molecule has 20 heavy (non-hydrogen) atoms. The number of amides is 2. The summed E-state index contributed by atoms with van der Waals surface area (Å²) >= 11 is 0. The average molecular weight is 276 g/mol. The number of nitrogens with one attached hydrogen (secondary N) is 1. The van der Waals surface area contributed by atoms with Crippen molar-refractivity contribution < 1.29 is 14.3 Å². The van der Waals surface area contributed by atoms with Crippen molar-refractivity contribution in [2.24, 2.45) is 0 Å². The van der Waals surface area contributed by atoms with Gasteiger partial charge in [-0.1, -0.05) is 12.1 Å². The van der Waals surface area contributed by atoms with Crippen molar-refractivity contribution in [3.05, 3.63) is 29.3 Å². The van der Waals surface area contributed by atoms with Crippen LogP contribution in [0.5, 0.6) is 5.75 Å². The molecule has 0 aliphatic carbocycles. The lowest BCUT2D eigenvalue weighted by atomic mass is 10.1. The Labute approximate surface area is 118 Å². The average Bonchev–Trinajstić information content (AvgIpc) is 2.65. The molecule has 0 bridgehead atoms. The Balaban J connectivity index is 1.91. The number of ether oxygens (including phenoxy) is 1. The first-order valence-electron chi connectivity index (χ1n) is 6.81. The van der Waals surface area contributed by atoms with Gasteiger partial charge >= 0.3 is 0 Å². The molecule has 5 nitrogen and oxygen atoms in total. The van der Waals surface area contributed by atoms with Gasteiger partial charge in [0.05, 0.1) is 0 Å². The van der Waals surface area contributed by atoms with Gasteiger partial charge in [0.2, 0.25) is 5.91 Å². The van der Waals surface area contributed by atoms with E-state index in [9.17, 15) is 9.59 Å². The Morgan fingerprint density at radius 2 is 2.15 bits per heavy atom. The highest BCUT2D eigenvalue weighted by molar-refractivity contribution is 5.81. The number of hydrogen-bond acceptors (Lipinski definition) is 3. The van der Waals surface area contributed by atoms with E-state index in [0.717, 1.165) is 16.9 Å². The van der Waals surface area contributed by atoms with Gasteiger partial charge in [0.25, 0.3) is 5.91 Å². The maximum absolute atomic E-state index is 12.1. The van der Waals surface area contributed by atoms with Crippen LogP contribution in [0.1, 0.15) is 17.5 Å². The minimum absolute atomic E-state index is 0.00394. The predicted molar refractivity (Wildman–Crippen MR) is 75.6 cm³/mol. The van der Waals surface area contributed by atoms with Gasteiger partial charge in [-0.3, -0.25) is 9.59 Å². The van der Waals surface area contributed by atoms with Crippen molar-refractivity contribution in [3.8, 4) is 5.75 Å². The standard InChI is InChI=1S/C15H20N2O3/c1-11-4-3-5-13(12(11)2)20-10-15(19)17-8-6-14(18)16-7-9-17/h3-5H,6-10H2,1-2H3,(H,16,18). The summed E-state index contributed by atoms with van der Waals surface area (Å²) < 4.78 is 5.60. The van der Waals surface area contributed by atoms with Gasteiger partial charge in [0.15, 0.2) is 6.61 Å². The molecule has 1 aromatic rings. The second-order valence-electron chi connectivity index (χ2n) is 4.97. The molecule has 1 aromatic carbocycles. The molecular formula is C15H20N2O3. The van der Waals surface area contributed by atoms with E-state index in [1.165, 1.54) is 0 Å². The quantitative estimate of drug-likeness (QED) is 0.897. The molecule has 1 aliphatic rings. The fourth-order valence-electron chi connectivity index (χ4n) is 2.13. The normalized spacial score (nSPS) is 15.5. The Bertz CT molecular complexity index is 514. The van der Waals surface area contributed by atoms with E-state index in [4.69, 9.17) is 4.74 Å². The second kappa shape index (κ2) is 6.41. The van der Waals surface area contributed by atoms with Crippen molar-refractivity contribution >= 4 is 11.8 Å². The summed E-state index contributed by atoms with van der Waals surface area (Å²) in [6.07, 6.45) is 0.356. The van der Waals surface area contributed by atoms with Crippen LogP contribution in [0.25, 0.3) is 0 Å². The van der Waals surface area contributed by atoms with Gasteiger partial charge in [0, 0.05) is 26.1 Å². The maximum atomic E-state index is 12.1. The molecule has 1 aliphatic heterocycles. The number of carbonyl (C=O) groups is 2. The first kappa shape index (κ1) is 14.4. The third kappa shape index (κ3) is 3.50. The lowest BCUT2D eigenvalue weighted by Gasteiger charge is -2.20. The Kier molecular flexibility index (Phi) is 4.61. The highest BCUT2D eigenvalue weighted by Crippen LogP contribution is 2.20. The molecule has 0 atom stereocenters. The summed E-state index contributed by atoms with van der Waals surface area (Å²) in [5, 5.41) is 2.75. The first-order chi connectivity index (χ1) is 9.58. The van der Waals surface area contributed by atoms with Crippen LogP contribution in [0.2, 0.25) is 0 Å². The van der Waals surface area contributed by atoms with Gasteiger partial charge in [-0.15, -0.1) is 0 Å². The number of nitrogens with zero attached hydrogens (tertiary/aromatic N) is 1. The van der Waals surface area contributed by atoms with Gasteiger partial charge in [-0.05, 0) is 31.0 Å². The number of benzene rings is 1. The van der Waals surface area contributed by atoms with E-state index in [1.54, 1.807) is 4.90 Å². The Hall–Kier alpha value is -2.04. The first-order valence-corrected chi connectivity index (χ1v) is 6.81. The molecule has 1 heterocycles. The molecule has 1 N–H and O–H groups in total. The van der Waals surface area contributed by atoms with E-state index >= 15 is 0 Å². The highest BCUT2D eigenvalue weighted by atomic mass is 16.5. The minimum Gasteiger partial charge on any atom is -0.483 e. The smallest absolute Gasteiger partial charge is 0.260 e. The summed E-state index contributed by atoms with van der Waals surface area (Å²) in [5.41, 5.74) is 2.19. The molecule has 1 fully saturated rings. The molecule has 2 amide bonds. The number of aryl methyl sites for hydroxylation is 1. The van der Waals surface area contributed by atoms with Crippen molar-refractivity contribution in [1.82, 2.24) is 10.2 Å². The molecule has 2 rings (SSSR count). The molecule has 1 saturated heterocycles. The second-order valence-corrected chi connectivity index (χ2v) is 4.97. The predicted octanol–water partition coefficient (Wildman–Crippen LogP) is 1.03. The van der Waals surface area contributed by atoms with Crippen molar-refractivity contribution in [2.45, 2.75) is 20.3 Å². The molecular weight excluding hydrogens is 256 g/mol. The number of carbonyl (C=O) groups excluding carboxylic acids is 2. The van der Waals surface area contributed by atoms with Crippen molar-refractivity contribution in [2.75, 3.05) is 26.2 Å². The fourth-order valence-corrected chi connectivity index (χ4v) is 2.13. The van der Waals surface area contributed by atoms with E-state index in [1.807, 2.05) is 32.0 Å².